The molecule has 1 aromatic heterocycles. The smallest absolute Gasteiger partial charge is 0.222 e. The maximum Gasteiger partial charge on any atom is 0.222 e. The molecule has 3 rings (SSSR count). The number of nitrogens with one attached hydrogen (secondary N) is 1. The lowest BCUT2D eigenvalue weighted by molar-refractivity contribution is -0.132. The monoisotopic (exact) mass is 370 g/mol. The van der Waals surface area contributed by atoms with Crippen molar-refractivity contribution in [3.8, 4) is 0 Å². The van der Waals surface area contributed by atoms with Crippen molar-refractivity contribution in [3.63, 3.8) is 0 Å². The molecule has 0 radical (unpaired) electrons. The minimum atomic E-state index is 0.108. The molecule has 0 bridgehead atoms. The topological polar surface area (TPSA) is 49.4 Å². The predicted molar refractivity (Wildman–Crippen MR) is 105 cm³/mol. The first-order chi connectivity index (χ1) is 12.7. The molecule has 4 nitrogen and oxygen atoms in total. The second kappa shape index (κ2) is 9.53. The van der Waals surface area contributed by atoms with Gasteiger partial charge in [0.1, 0.15) is 0 Å². The molecular formula is C21H26N2O2S. The zero-order valence-corrected chi connectivity index (χ0v) is 15.8. The standard InChI is InChI=1S/C21H26N2O2S/c24-20(10-8-17-5-2-1-3-6-17)22-18-12-14-23(15-13-18)21(25)11-9-19-7-4-16-26-19/h1-7,16,18H,8-15H2,(H,22,24). The number of benzene rings is 1. The highest BCUT2D eigenvalue weighted by atomic mass is 32.1. The number of thiophene rings is 1. The van der Waals surface area contributed by atoms with Crippen molar-refractivity contribution in [3.05, 3.63) is 58.3 Å². The Bertz CT molecular complexity index is 692. The van der Waals surface area contributed by atoms with Gasteiger partial charge in [0.05, 0.1) is 0 Å². The van der Waals surface area contributed by atoms with E-state index in [1.165, 1.54) is 10.4 Å². The first kappa shape index (κ1) is 18.6. The van der Waals surface area contributed by atoms with Crippen LogP contribution in [0.3, 0.4) is 0 Å². The van der Waals surface area contributed by atoms with Crippen LogP contribution in [0, 0.1) is 0 Å². The van der Waals surface area contributed by atoms with Gasteiger partial charge in [0.2, 0.25) is 11.8 Å². The van der Waals surface area contributed by atoms with Crippen LogP contribution < -0.4 is 5.32 Å². The van der Waals surface area contributed by atoms with E-state index in [1.807, 2.05) is 46.7 Å². The summed E-state index contributed by atoms with van der Waals surface area (Å²) in [6.45, 7) is 1.49. The number of piperidine rings is 1. The molecule has 2 amide bonds. The molecule has 138 valence electrons. The number of hydrogen-bond acceptors (Lipinski definition) is 3. The fourth-order valence-electron chi connectivity index (χ4n) is 3.32. The number of likely N-dealkylation sites (tertiary alicyclic amines) is 1. The van der Waals surface area contributed by atoms with E-state index in [2.05, 4.69) is 11.4 Å². The third-order valence-corrected chi connectivity index (χ3v) is 5.80. The van der Waals surface area contributed by atoms with Crippen LogP contribution in [0.2, 0.25) is 0 Å². The van der Waals surface area contributed by atoms with Gasteiger partial charge in [-0.15, -0.1) is 11.3 Å². The van der Waals surface area contributed by atoms with E-state index in [1.54, 1.807) is 11.3 Å². The molecule has 0 unspecified atom stereocenters. The molecule has 1 fully saturated rings. The van der Waals surface area contributed by atoms with Gasteiger partial charge in [-0.25, -0.2) is 0 Å². The minimum absolute atomic E-state index is 0.108. The molecule has 1 aliphatic rings. The van der Waals surface area contributed by atoms with Gasteiger partial charge in [0.15, 0.2) is 0 Å². The third kappa shape index (κ3) is 5.70. The molecule has 0 spiro atoms. The summed E-state index contributed by atoms with van der Waals surface area (Å²) < 4.78 is 0. The molecule has 5 heteroatoms. The average Bonchev–Trinajstić information content (AvgIpc) is 3.19. The normalized spacial score (nSPS) is 15.0. The SMILES string of the molecule is O=C(CCc1ccccc1)NC1CCN(C(=O)CCc2cccs2)CC1. The predicted octanol–water partition coefficient (Wildman–Crippen LogP) is 3.42. The summed E-state index contributed by atoms with van der Waals surface area (Å²) in [5, 5.41) is 5.18. The highest BCUT2D eigenvalue weighted by Crippen LogP contribution is 2.15. The van der Waals surface area contributed by atoms with E-state index >= 15 is 0 Å². The Kier molecular flexibility index (Phi) is 6.83. The van der Waals surface area contributed by atoms with Crippen molar-refractivity contribution in [2.75, 3.05) is 13.1 Å². The lowest BCUT2D eigenvalue weighted by Gasteiger charge is -2.32. The minimum Gasteiger partial charge on any atom is -0.353 e. The fourth-order valence-corrected chi connectivity index (χ4v) is 4.03. The van der Waals surface area contributed by atoms with Gasteiger partial charge in [-0.3, -0.25) is 9.59 Å². The lowest BCUT2D eigenvalue weighted by Crippen LogP contribution is -2.46. The fraction of sp³-hybridized carbons (Fsp3) is 0.429. The van der Waals surface area contributed by atoms with Crippen molar-refractivity contribution >= 4 is 23.2 Å². The Morgan fingerprint density at radius 2 is 1.77 bits per heavy atom. The zero-order chi connectivity index (χ0) is 18.2. The zero-order valence-electron chi connectivity index (χ0n) is 15.0. The highest BCUT2D eigenvalue weighted by molar-refractivity contribution is 7.09. The highest BCUT2D eigenvalue weighted by Gasteiger charge is 2.23. The van der Waals surface area contributed by atoms with Crippen molar-refractivity contribution in [1.29, 1.82) is 0 Å². The Labute approximate surface area is 159 Å². The van der Waals surface area contributed by atoms with Crippen LogP contribution in [0.15, 0.2) is 47.8 Å². The van der Waals surface area contributed by atoms with E-state index in [0.717, 1.165) is 38.8 Å². The van der Waals surface area contributed by atoms with Gasteiger partial charge < -0.3 is 10.2 Å². The molecular weight excluding hydrogens is 344 g/mol. The Balaban J connectivity index is 1.34. The van der Waals surface area contributed by atoms with Crippen LogP contribution >= 0.6 is 11.3 Å². The Morgan fingerprint density at radius 3 is 2.46 bits per heavy atom. The molecule has 0 saturated carbocycles. The maximum absolute atomic E-state index is 12.3. The number of aryl methyl sites for hydroxylation is 2. The molecule has 1 saturated heterocycles. The molecule has 26 heavy (non-hydrogen) atoms. The quantitative estimate of drug-likeness (QED) is 0.812. The number of hydrogen-bond donors (Lipinski definition) is 1. The van der Waals surface area contributed by atoms with E-state index in [0.29, 0.717) is 12.8 Å². The second-order valence-electron chi connectivity index (χ2n) is 6.79. The van der Waals surface area contributed by atoms with Gasteiger partial charge in [0.25, 0.3) is 0 Å². The summed E-state index contributed by atoms with van der Waals surface area (Å²) in [4.78, 5) is 27.7. The Morgan fingerprint density at radius 1 is 1.00 bits per heavy atom. The average molecular weight is 371 g/mol. The number of carbonyl (C=O) groups is 2. The maximum atomic E-state index is 12.3. The molecule has 1 aromatic carbocycles. The largest absolute Gasteiger partial charge is 0.353 e. The van der Waals surface area contributed by atoms with Crippen LogP contribution in [0.4, 0.5) is 0 Å². The first-order valence-corrected chi connectivity index (χ1v) is 10.2. The van der Waals surface area contributed by atoms with Crippen LogP contribution in [0.25, 0.3) is 0 Å². The molecule has 0 aliphatic carbocycles. The number of carbonyl (C=O) groups excluding carboxylic acids is 2. The van der Waals surface area contributed by atoms with E-state index < -0.39 is 0 Å². The molecule has 1 aliphatic heterocycles. The van der Waals surface area contributed by atoms with E-state index in [-0.39, 0.29) is 17.9 Å². The summed E-state index contributed by atoms with van der Waals surface area (Å²) in [6.07, 6.45) is 4.39. The molecule has 1 N–H and O–H groups in total. The van der Waals surface area contributed by atoms with E-state index in [4.69, 9.17) is 0 Å². The lowest BCUT2D eigenvalue weighted by atomic mass is 10.0. The summed E-state index contributed by atoms with van der Waals surface area (Å²) >= 11 is 1.70. The van der Waals surface area contributed by atoms with Gasteiger partial charge in [-0.05, 0) is 42.7 Å². The van der Waals surface area contributed by atoms with Crippen molar-refractivity contribution < 1.29 is 9.59 Å². The second-order valence-corrected chi connectivity index (χ2v) is 7.82. The summed E-state index contributed by atoms with van der Waals surface area (Å²) in [6, 6.07) is 14.4. The molecule has 0 atom stereocenters. The van der Waals surface area contributed by atoms with Crippen molar-refractivity contribution in [1.82, 2.24) is 10.2 Å². The van der Waals surface area contributed by atoms with Crippen LogP contribution in [0.5, 0.6) is 0 Å². The van der Waals surface area contributed by atoms with Gasteiger partial charge >= 0.3 is 0 Å². The van der Waals surface area contributed by atoms with E-state index in [9.17, 15) is 9.59 Å². The van der Waals surface area contributed by atoms with Gasteiger partial charge in [-0.1, -0.05) is 36.4 Å². The van der Waals surface area contributed by atoms with Crippen LogP contribution in [0.1, 0.15) is 36.1 Å². The van der Waals surface area contributed by atoms with Crippen molar-refractivity contribution in [2.24, 2.45) is 0 Å². The molecule has 2 heterocycles. The molecule has 2 aromatic rings. The number of nitrogens with zero attached hydrogens (tertiary/aromatic N) is 1. The number of rotatable bonds is 7. The van der Waals surface area contributed by atoms with Gasteiger partial charge in [0, 0.05) is 36.9 Å². The Hall–Kier alpha value is -2.14. The first-order valence-electron chi connectivity index (χ1n) is 9.34. The van der Waals surface area contributed by atoms with Crippen LogP contribution in [-0.2, 0) is 22.4 Å². The third-order valence-electron chi connectivity index (χ3n) is 4.86. The van der Waals surface area contributed by atoms with Crippen molar-refractivity contribution in [2.45, 2.75) is 44.6 Å². The summed E-state index contributed by atoms with van der Waals surface area (Å²) in [5.41, 5.74) is 1.19. The van der Waals surface area contributed by atoms with Gasteiger partial charge in [-0.2, -0.15) is 0 Å². The summed E-state index contributed by atoms with van der Waals surface area (Å²) in [7, 11) is 0. The summed E-state index contributed by atoms with van der Waals surface area (Å²) in [5.74, 6) is 0.337. The van der Waals surface area contributed by atoms with Crippen LogP contribution in [-0.4, -0.2) is 35.8 Å². The number of amides is 2.